The lowest BCUT2D eigenvalue weighted by Crippen LogP contribution is -2.66. The number of anilines is 1. The fourth-order valence-corrected chi connectivity index (χ4v) is 4.88. The molecule has 6 atom stereocenters. The van der Waals surface area contributed by atoms with Crippen molar-refractivity contribution in [1.82, 2.24) is 0 Å². The predicted molar refractivity (Wildman–Crippen MR) is 96.2 cm³/mol. The van der Waals surface area contributed by atoms with E-state index in [1.807, 2.05) is 6.07 Å². The van der Waals surface area contributed by atoms with Crippen molar-refractivity contribution in [3.05, 3.63) is 30.3 Å². The summed E-state index contributed by atoms with van der Waals surface area (Å²) in [5.41, 5.74) is 0.578. The highest BCUT2D eigenvalue weighted by Crippen LogP contribution is 2.59. The van der Waals surface area contributed by atoms with Crippen LogP contribution in [0.1, 0.15) is 13.8 Å². The van der Waals surface area contributed by atoms with E-state index >= 15 is 0 Å². The number of methoxy groups -OCH3 is 1. The molecule has 1 aliphatic carbocycles. The highest BCUT2D eigenvalue weighted by molar-refractivity contribution is 6.00. The second kappa shape index (κ2) is 6.84. The van der Waals surface area contributed by atoms with Crippen LogP contribution in [-0.2, 0) is 38.1 Å². The predicted octanol–water partition coefficient (Wildman–Crippen LogP) is 0.658. The molecular formula is C20H21NO8. The summed E-state index contributed by atoms with van der Waals surface area (Å²) in [4.78, 5) is 51.0. The lowest BCUT2D eigenvalue weighted by Gasteiger charge is -2.49. The maximum Gasteiger partial charge on any atom is 0.312 e. The molecule has 154 valence electrons. The maximum atomic E-state index is 13.4. The van der Waals surface area contributed by atoms with Crippen molar-refractivity contribution in [2.75, 3.05) is 18.6 Å². The monoisotopic (exact) mass is 403 g/mol. The van der Waals surface area contributed by atoms with E-state index in [1.165, 1.54) is 25.9 Å². The first-order chi connectivity index (χ1) is 13.8. The summed E-state index contributed by atoms with van der Waals surface area (Å²) in [5.74, 6) is -6.37. The number of esters is 3. The van der Waals surface area contributed by atoms with E-state index in [2.05, 4.69) is 0 Å². The molecule has 9 heteroatoms. The molecule has 3 aliphatic rings. The van der Waals surface area contributed by atoms with Crippen LogP contribution in [0.5, 0.6) is 0 Å². The van der Waals surface area contributed by atoms with Gasteiger partial charge in [-0.25, -0.2) is 0 Å². The van der Waals surface area contributed by atoms with Gasteiger partial charge in [0.15, 0.2) is 0 Å². The van der Waals surface area contributed by atoms with E-state index in [1.54, 1.807) is 24.3 Å². The highest BCUT2D eigenvalue weighted by Gasteiger charge is 2.77. The largest absolute Gasteiger partial charge is 0.469 e. The number of hydrogen-bond donors (Lipinski definition) is 0. The Morgan fingerprint density at radius 1 is 1.14 bits per heavy atom. The van der Waals surface area contributed by atoms with Gasteiger partial charge in [-0.05, 0) is 12.1 Å². The van der Waals surface area contributed by atoms with Gasteiger partial charge in [-0.3, -0.25) is 19.2 Å². The van der Waals surface area contributed by atoms with Crippen molar-refractivity contribution in [1.29, 1.82) is 0 Å². The first-order valence-electron chi connectivity index (χ1n) is 9.28. The minimum atomic E-state index is -1.52. The van der Waals surface area contributed by atoms with E-state index in [-0.39, 0.29) is 12.5 Å². The van der Waals surface area contributed by atoms with Gasteiger partial charge >= 0.3 is 17.9 Å². The van der Waals surface area contributed by atoms with Crippen molar-refractivity contribution in [3.63, 3.8) is 0 Å². The van der Waals surface area contributed by atoms with Crippen molar-refractivity contribution in [3.8, 4) is 0 Å². The summed E-state index contributed by atoms with van der Waals surface area (Å²) >= 11 is 0. The number of carbonyl (C=O) groups is 4. The first-order valence-corrected chi connectivity index (χ1v) is 9.28. The van der Waals surface area contributed by atoms with Gasteiger partial charge in [0, 0.05) is 19.5 Å². The number of rotatable bonds is 4. The summed E-state index contributed by atoms with van der Waals surface area (Å²) in [7, 11) is 1.22. The molecule has 29 heavy (non-hydrogen) atoms. The molecule has 1 aromatic carbocycles. The third-order valence-electron chi connectivity index (χ3n) is 5.74. The molecule has 0 N–H and O–H groups in total. The standard InChI is InChI=1S/C20H21NO8/c1-10(22)27-17-15-13-14(19(25)26-3)16(17)29-20(15,28-11(2)23)9-21(18(13)24)12-7-5-4-6-8-12/h4-8,13-17H,9H2,1-3H3/t13-,14+,15-,16+,17-,20-/m1/s1. The van der Waals surface area contributed by atoms with Crippen LogP contribution in [0.3, 0.4) is 0 Å². The van der Waals surface area contributed by atoms with Crippen LogP contribution in [0.2, 0.25) is 0 Å². The quantitative estimate of drug-likeness (QED) is 0.533. The van der Waals surface area contributed by atoms with Gasteiger partial charge in [-0.1, -0.05) is 18.2 Å². The molecule has 4 rings (SSSR count). The highest BCUT2D eigenvalue weighted by atomic mass is 16.7. The van der Waals surface area contributed by atoms with Gasteiger partial charge in [-0.2, -0.15) is 0 Å². The molecule has 3 fully saturated rings. The fraction of sp³-hybridized carbons (Fsp3) is 0.500. The number of para-hydroxylation sites is 1. The van der Waals surface area contributed by atoms with Crippen LogP contribution in [0.25, 0.3) is 0 Å². The van der Waals surface area contributed by atoms with Crippen LogP contribution in [-0.4, -0.2) is 55.5 Å². The van der Waals surface area contributed by atoms with Crippen LogP contribution in [0, 0.1) is 17.8 Å². The zero-order chi connectivity index (χ0) is 20.9. The van der Waals surface area contributed by atoms with E-state index in [4.69, 9.17) is 18.9 Å². The summed E-state index contributed by atoms with van der Waals surface area (Å²) in [6.45, 7) is 2.40. The minimum absolute atomic E-state index is 0.0707. The smallest absolute Gasteiger partial charge is 0.312 e. The molecule has 0 spiro atoms. The molecule has 1 aromatic rings. The Balaban J connectivity index is 1.82. The third-order valence-corrected chi connectivity index (χ3v) is 5.74. The van der Waals surface area contributed by atoms with Gasteiger partial charge in [-0.15, -0.1) is 0 Å². The van der Waals surface area contributed by atoms with Crippen LogP contribution in [0.15, 0.2) is 30.3 Å². The number of amides is 1. The number of benzene rings is 1. The summed E-state index contributed by atoms with van der Waals surface area (Å²) < 4.78 is 22.0. The average Bonchev–Trinajstić information content (AvgIpc) is 3.14. The zero-order valence-corrected chi connectivity index (χ0v) is 16.2. The van der Waals surface area contributed by atoms with Crippen molar-refractivity contribution < 1.29 is 38.1 Å². The van der Waals surface area contributed by atoms with Crippen molar-refractivity contribution in [2.45, 2.75) is 31.8 Å². The molecule has 1 saturated carbocycles. The lowest BCUT2D eigenvalue weighted by molar-refractivity contribution is -0.268. The van der Waals surface area contributed by atoms with Crippen LogP contribution in [0.4, 0.5) is 5.69 Å². The van der Waals surface area contributed by atoms with E-state index in [9.17, 15) is 19.2 Å². The Morgan fingerprint density at radius 3 is 2.41 bits per heavy atom. The molecular weight excluding hydrogens is 382 g/mol. The lowest BCUT2D eigenvalue weighted by atomic mass is 9.77. The third kappa shape index (κ3) is 2.88. The Hall–Kier alpha value is -2.94. The van der Waals surface area contributed by atoms with Gasteiger partial charge in [0.05, 0.1) is 31.4 Å². The molecule has 2 saturated heterocycles. The van der Waals surface area contributed by atoms with Crippen molar-refractivity contribution >= 4 is 29.5 Å². The number of fused-ring (bicyclic) bond motifs is 1. The Kier molecular flexibility index (Phi) is 4.57. The van der Waals surface area contributed by atoms with Crippen LogP contribution < -0.4 is 4.90 Å². The molecule has 2 aliphatic heterocycles. The molecule has 0 aromatic heterocycles. The fourth-order valence-electron chi connectivity index (χ4n) is 4.88. The number of ether oxygens (including phenoxy) is 4. The molecule has 9 nitrogen and oxygen atoms in total. The SMILES string of the molecule is COC(=O)[C@@H]1[C@@H]2O[C@]3(OC(C)=O)CN(c4ccccc4)C(=O)[C@H]1[C@@H]3[C@H]2OC(C)=O. The van der Waals surface area contributed by atoms with Gasteiger partial charge in [0.1, 0.15) is 12.2 Å². The number of hydrogen-bond acceptors (Lipinski definition) is 8. The summed E-state index contributed by atoms with van der Waals surface area (Å²) in [5, 5.41) is 0. The molecule has 0 radical (unpaired) electrons. The van der Waals surface area contributed by atoms with Gasteiger partial charge in [0.25, 0.3) is 0 Å². The van der Waals surface area contributed by atoms with E-state index in [0.29, 0.717) is 5.69 Å². The topological polar surface area (TPSA) is 108 Å². The summed E-state index contributed by atoms with van der Waals surface area (Å²) in [6, 6.07) is 8.82. The Labute approximate surface area is 166 Å². The second-order valence-electron chi connectivity index (χ2n) is 7.42. The Morgan fingerprint density at radius 2 is 1.83 bits per heavy atom. The maximum absolute atomic E-state index is 13.4. The number of piperidine rings is 1. The average molecular weight is 403 g/mol. The van der Waals surface area contributed by atoms with Gasteiger partial charge < -0.3 is 23.8 Å². The van der Waals surface area contributed by atoms with Crippen molar-refractivity contribution in [2.24, 2.45) is 17.8 Å². The second-order valence-corrected chi connectivity index (χ2v) is 7.42. The minimum Gasteiger partial charge on any atom is -0.469 e. The van der Waals surface area contributed by atoms with E-state index < -0.39 is 53.7 Å². The van der Waals surface area contributed by atoms with Gasteiger partial charge in [0.2, 0.25) is 11.7 Å². The molecule has 0 unspecified atom stereocenters. The first kappa shape index (κ1) is 19.4. The van der Waals surface area contributed by atoms with E-state index in [0.717, 1.165) is 0 Å². The molecule has 2 heterocycles. The van der Waals surface area contributed by atoms with Crippen LogP contribution >= 0.6 is 0 Å². The zero-order valence-electron chi connectivity index (χ0n) is 16.2. The summed E-state index contributed by atoms with van der Waals surface area (Å²) in [6.07, 6.45) is -1.84. The normalized spacial score (nSPS) is 34.7. The number of carbonyl (C=O) groups excluding carboxylic acids is 4. The number of nitrogens with zero attached hydrogens (tertiary/aromatic N) is 1. The molecule has 2 bridgehead atoms. The molecule has 1 amide bonds. The Bertz CT molecular complexity index is 870.